The van der Waals surface area contributed by atoms with Gasteiger partial charge in [-0.3, -0.25) is 0 Å². The van der Waals surface area contributed by atoms with Gasteiger partial charge in [0.05, 0.1) is 18.2 Å². The summed E-state index contributed by atoms with van der Waals surface area (Å²) in [6.45, 7) is 1.99. The number of allylic oxidation sites excluding steroid dienone is 1. The van der Waals surface area contributed by atoms with Gasteiger partial charge in [0, 0.05) is 5.92 Å². The largest absolute Gasteiger partial charge is 0.452 e. The zero-order valence-electron chi connectivity index (χ0n) is 27.4. The van der Waals surface area contributed by atoms with E-state index < -0.39 is 30.8 Å². The number of aliphatic hydroxyl groups excluding tert-OH is 1. The van der Waals surface area contributed by atoms with Gasteiger partial charge in [0.25, 0.3) is 0 Å². The third-order valence-corrected chi connectivity index (χ3v) is 8.79. The van der Waals surface area contributed by atoms with Crippen molar-refractivity contribution in [3.8, 4) is 11.1 Å². The van der Waals surface area contributed by atoms with E-state index in [9.17, 15) is 14.7 Å². The number of aliphatic hydroxyl groups is 1. The fourth-order valence-electron chi connectivity index (χ4n) is 6.20. The molecule has 2 unspecified atom stereocenters. The van der Waals surface area contributed by atoms with Gasteiger partial charge in [-0.2, -0.15) is 0 Å². The highest BCUT2D eigenvalue weighted by Gasteiger charge is 2.30. The van der Waals surface area contributed by atoms with Crippen LogP contribution in [0.3, 0.4) is 0 Å². The van der Waals surface area contributed by atoms with Crippen LogP contribution in [0, 0.1) is 0 Å². The number of carbonyl (C=O) groups excluding carboxylic acids is 2. The summed E-state index contributed by atoms with van der Waals surface area (Å²) in [7, 11) is 0. The van der Waals surface area contributed by atoms with E-state index in [1.165, 1.54) is 57.8 Å². The van der Waals surface area contributed by atoms with Crippen LogP contribution in [0.1, 0.15) is 111 Å². The van der Waals surface area contributed by atoms with Crippen LogP contribution in [0.25, 0.3) is 11.1 Å². The van der Waals surface area contributed by atoms with Gasteiger partial charge in [-0.1, -0.05) is 144 Å². The van der Waals surface area contributed by atoms with Crippen LogP contribution in [-0.2, 0) is 9.47 Å². The average Bonchev–Trinajstić information content (AvgIpc) is 3.41. The number of ether oxygens (including phenoxy) is 2. The second-order valence-corrected chi connectivity index (χ2v) is 12.2. The standard InChI is InChI=1S/C40H51NO5/c1-2-3-4-5-6-7-8-9-10-11-12-13-17-28-38(46-39(43)31-22-15-14-16-23-31)37(29-42)41-40(44)45-30-36-34-26-20-18-24-32(34)33-25-19-21-27-35(33)36/h14-28,36-38,42H,2-13,29-30H2,1H3,(H,41,44)/b28-17+. The summed E-state index contributed by atoms with van der Waals surface area (Å²) in [5.41, 5.74) is 4.95. The molecule has 1 aliphatic rings. The highest BCUT2D eigenvalue weighted by Crippen LogP contribution is 2.44. The lowest BCUT2D eigenvalue weighted by molar-refractivity contribution is 0.0253. The third kappa shape index (κ3) is 10.6. The lowest BCUT2D eigenvalue weighted by Crippen LogP contribution is -2.47. The Hall–Kier alpha value is -3.90. The normalized spacial score (nSPS) is 13.6. The lowest BCUT2D eigenvalue weighted by atomic mass is 9.98. The maximum absolute atomic E-state index is 13.0. The predicted molar refractivity (Wildman–Crippen MR) is 185 cm³/mol. The van der Waals surface area contributed by atoms with Crippen molar-refractivity contribution in [2.24, 2.45) is 0 Å². The molecule has 2 N–H and O–H groups in total. The molecule has 1 amide bonds. The minimum Gasteiger partial charge on any atom is -0.452 e. The molecule has 1 aliphatic carbocycles. The highest BCUT2D eigenvalue weighted by atomic mass is 16.6. The van der Waals surface area contributed by atoms with Crippen molar-refractivity contribution >= 4 is 12.1 Å². The smallest absolute Gasteiger partial charge is 0.407 e. The van der Waals surface area contributed by atoms with Crippen LogP contribution in [0.4, 0.5) is 4.79 Å². The molecule has 0 radical (unpaired) electrons. The first-order valence-electron chi connectivity index (χ1n) is 17.3. The predicted octanol–water partition coefficient (Wildman–Crippen LogP) is 9.37. The minimum atomic E-state index is -0.864. The Bertz CT molecular complexity index is 1330. The van der Waals surface area contributed by atoms with E-state index in [1.807, 2.05) is 36.4 Å². The summed E-state index contributed by atoms with van der Waals surface area (Å²) in [4.78, 5) is 26.0. The van der Waals surface area contributed by atoms with E-state index in [0.29, 0.717) is 5.56 Å². The summed E-state index contributed by atoms with van der Waals surface area (Å²) >= 11 is 0. The number of amides is 1. The van der Waals surface area contributed by atoms with Crippen LogP contribution in [0.15, 0.2) is 91.0 Å². The van der Waals surface area contributed by atoms with E-state index in [1.54, 1.807) is 30.3 Å². The second-order valence-electron chi connectivity index (χ2n) is 12.2. The Balaban J connectivity index is 1.28. The quantitative estimate of drug-likeness (QED) is 0.0742. The Labute approximate surface area is 275 Å². The molecule has 0 fully saturated rings. The van der Waals surface area contributed by atoms with Gasteiger partial charge in [0.2, 0.25) is 0 Å². The Kier molecular flexibility index (Phi) is 14.9. The van der Waals surface area contributed by atoms with Crippen molar-refractivity contribution in [3.63, 3.8) is 0 Å². The maximum Gasteiger partial charge on any atom is 0.407 e. The number of alkyl carbamates (subject to hydrolysis) is 1. The molecule has 3 aromatic carbocycles. The molecule has 2 atom stereocenters. The number of unbranched alkanes of at least 4 members (excludes halogenated alkanes) is 11. The fraction of sp³-hybridized carbons (Fsp3) is 0.450. The Morgan fingerprint density at radius 2 is 1.30 bits per heavy atom. The molecule has 0 heterocycles. The minimum absolute atomic E-state index is 0.0804. The molecule has 0 spiro atoms. The summed E-state index contributed by atoms with van der Waals surface area (Å²) < 4.78 is 11.5. The molecule has 0 aliphatic heterocycles. The molecular formula is C40H51NO5. The number of benzene rings is 3. The number of rotatable bonds is 20. The monoisotopic (exact) mass is 625 g/mol. The molecule has 4 rings (SSSR count). The SMILES string of the molecule is CCCCCCCCCCCCC/C=C/C(OC(=O)c1ccccc1)C(CO)NC(=O)OCC1c2ccccc2-c2ccccc21. The first-order chi connectivity index (χ1) is 22.6. The van der Waals surface area contributed by atoms with Crippen molar-refractivity contribution in [2.75, 3.05) is 13.2 Å². The lowest BCUT2D eigenvalue weighted by Gasteiger charge is -2.24. The highest BCUT2D eigenvalue weighted by molar-refractivity contribution is 5.89. The van der Waals surface area contributed by atoms with Gasteiger partial charge in [-0.05, 0) is 53.3 Å². The zero-order valence-corrected chi connectivity index (χ0v) is 27.4. The molecule has 0 bridgehead atoms. The Morgan fingerprint density at radius 1 is 0.761 bits per heavy atom. The molecule has 246 valence electrons. The topological polar surface area (TPSA) is 84.9 Å². The molecule has 3 aromatic rings. The van der Waals surface area contributed by atoms with E-state index in [4.69, 9.17) is 9.47 Å². The fourth-order valence-corrected chi connectivity index (χ4v) is 6.20. The van der Waals surface area contributed by atoms with Gasteiger partial charge in [-0.15, -0.1) is 0 Å². The van der Waals surface area contributed by atoms with Crippen LogP contribution < -0.4 is 5.32 Å². The second kappa shape index (κ2) is 19.6. The van der Waals surface area contributed by atoms with Crippen molar-refractivity contribution < 1.29 is 24.2 Å². The zero-order chi connectivity index (χ0) is 32.4. The first kappa shape index (κ1) is 35.0. The van der Waals surface area contributed by atoms with Gasteiger partial charge >= 0.3 is 12.1 Å². The third-order valence-electron chi connectivity index (χ3n) is 8.79. The average molecular weight is 626 g/mol. The van der Waals surface area contributed by atoms with Gasteiger partial charge in [-0.25, -0.2) is 9.59 Å². The molecule has 0 aromatic heterocycles. The van der Waals surface area contributed by atoms with Gasteiger partial charge in [0.1, 0.15) is 12.7 Å². The van der Waals surface area contributed by atoms with E-state index in [-0.39, 0.29) is 12.5 Å². The van der Waals surface area contributed by atoms with Crippen LogP contribution in [0.5, 0.6) is 0 Å². The van der Waals surface area contributed by atoms with E-state index in [2.05, 4.69) is 36.5 Å². The number of fused-ring (bicyclic) bond motifs is 3. The van der Waals surface area contributed by atoms with Crippen molar-refractivity contribution in [2.45, 2.75) is 102 Å². The molecule has 6 heteroatoms. The van der Waals surface area contributed by atoms with Crippen LogP contribution in [-0.4, -0.2) is 42.5 Å². The number of hydrogen-bond donors (Lipinski definition) is 2. The molecule has 6 nitrogen and oxygen atoms in total. The summed E-state index contributed by atoms with van der Waals surface area (Å²) in [5, 5.41) is 13.0. The van der Waals surface area contributed by atoms with E-state index in [0.717, 1.165) is 41.5 Å². The van der Waals surface area contributed by atoms with Gasteiger partial charge < -0.3 is 19.9 Å². The van der Waals surface area contributed by atoms with Gasteiger partial charge in [0.15, 0.2) is 0 Å². The summed E-state index contributed by atoms with van der Waals surface area (Å²) in [6, 6.07) is 24.2. The summed E-state index contributed by atoms with van der Waals surface area (Å²) in [6.07, 6.45) is 17.1. The van der Waals surface area contributed by atoms with Crippen LogP contribution in [0.2, 0.25) is 0 Å². The summed E-state index contributed by atoms with van der Waals surface area (Å²) in [5.74, 6) is -0.596. The number of carbonyl (C=O) groups is 2. The Morgan fingerprint density at radius 3 is 1.89 bits per heavy atom. The number of esters is 1. The number of hydrogen-bond acceptors (Lipinski definition) is 5. The van der Waals surface area contributed by atoms with Crippen molar-refractivity contribution in [3.05, 3.63) is 108 Å². The molecule has 46 heavy (non-hydrogen) atoms. The molecular weight excluding hydrogens is 574 g/mol. The maximum atomic E-state index is 13.0. The van der Waals surface area contributed by atoms with Crippen molar-refractivity contribution in [1.82, 2.24) is 5.32 Å². The first-order valence-corrected chi connectivity index (χ1v) is 17.3. The van der Waals surface area contributed by atoms with Crippen LogP contribution >= 0.6 is 0 Å². The van der Waals surface area contributed by atoms with Crippen molar-refractivity contribution in [1.29, 1.82) is 0 Å². The molecule has 0 saturated heterocycles. The van der Waals surface area contributed by atoms with E-state index >= 15 is 0 Å². The molecule has 0 saturated carbocycles. The number of nitrogens with one attached hydrogen (secondary N) is 1.